The van der Waals surface area contributed by atoms with Crippen LogP contribution in [0.2, 0.25) is 33.2 Å². The number of rotatable bonds is 6. The van der Waals surface area contributed by atoms with Gasteiger partial charge in [0.15, 0.2) is 0 Å². The highest BCUT2D eigenvalue weighted by atomic mass is 28.3. The molecule has 2 N–H and O–H groups in total. The summed E-state index contributed by atoms with van der Waals surface area (Å²) >= 11 is 0. The summed E-state index contributed by atoms with van der Waals surface area (Å²) in [7, 11) is -4.45. The second kappa shape index (κ2) is 17.8. The predicted molar refractivity (Wildman–Crippen MR) is 346 cm³/mol. The van der Waals surface area contributed by atoms with Crippen LogP contribution < -0.4 is 0 Å². The van der Waals surface area contributed by atoms with E-state index >= 15 is 0 Å². The van der Waals surface area contributed by atoms with Crippen molar-refractivity contribution >= 4 is 60.5 Å². The van der Waals surface area contributed by atoms with Crippen molar-refractivity contribution in [1.29, 1.82) is 0 Å². The maximum Gasteiger partial charge on any atom is 0.146 e. The molecule has 17 rings (SSSR count). The largest absolute Gasteiger partial charge is 0.354 e. The van der Waals surface area contributed by atoms with Crippen LogP contribution in [0, 0.1) is 68.3 Å². The molecule has 0 amide bonds. The highest BCUT2D eigenvalue weighted by Gasteiger charge is 2.52. The van der Waals surface area contributed by atoms with Gasteiger partial charge in [0, 0.05) is 58.4 Å². The molecule has 3 aromatic heterocycles. The van der Waals surface area contributed by atoms with Gasteiger partial charge in [-0.1, -0.05) is 199 Å². The van der Waals surface area contributed by atoms with Gasteiger partial charge in [-0.3, -0.25) is 0 Å². The average Bonchev–Trinajstić information content (AvgIpc) is 4.35. The Hall–Kier alpha value is -4.89. The molecule has 5 heterocycles. The van der Waals surface area contributed by atoms with E-state index in [1.807, 2.05) is 0 Å². The zero-order valence-corrected chi connectivity index (χ0v) is 54.6. The van der Waals surface area contributed by atoms with E-state index in [-0.39, 0.29) is 69.0 Å². The third kappa shape index (κ3) is 7.37. The van der Waals surface area contributed by atoms with E-state index < -0.39 is 16.1 Å². The second-order valence-corrected chi connectivity index (χ2v) is 43.0. The second-order valence-electron chi connectivity index (χ2n) is 31.8. The summed E-state index contributed by atoms with van der Waals surface area (Å²) in [5, 5.41) is 0. The molecule has 418 valence electrons. The summed E-state index contributed by atoms with van der Waals surface area (Å²) in [5.74, 6) is 10.6. The van der Waals surface area contributed by atoms with Crippen LogP contribution in [0.5, 0.6) is 0 Å². The van der Waals surface area contributed by atoms with E-state index in [1.54, 1.807) is 0 Å². The van der Waals surface area contributed by atoms with E-state index in [0.29, 0.717) is 33.2 Å². The Morgan fingerprint density at radius 2 is 0.700 bits per heavy atom. The molecule has 0 spiro atoms. The van der Waals surface area contributed by atoms with Crippen molar-refractivity contribution in [1.82, 2.24) is 19.9 Å². The summed E-state index contributed by atoms with van der Waals surface area (Å²) in [6.07, 6.45) is 24.9. The van der Waals surface area contributed by atoms with Crippen LogP contribution in [0.1, 0.15) is 244 Å². The number of nitrogens with one attached hydrogen (secondary N) is 2. The van der Waals surface area contributed by atoms with Gasteiger partial charge in [-0.05, 0) is 137 Å². The zero-order chi connectivity index (χ0) is 57.0. The number of hydrogen-bond acceptors (Lipinski definition) is 2. The lowest BCUT2D eigenvalue weighted by atomic mass is 9.57. The predicted octanol–water partition coefficient (Wildman–Crippen LogP) is 20.1. The Bertz CT molecular complexity index is 3430. The van der Waals surface area contributed by atoms with Crippen molar-refractivity contribution in [3.05, 3.63) is 117 Å². The quantitative estimate of drug-likeness (QED) is 0.147. The first-order valence-electron chi connectivity index (χ1n) is 31.7. The van der Waals surface area contributed by atoms with Crippen LogP contribution >= 0.6 is 0 Å². The van der Waals surface area contributed by atoms with Gasteiger partial charge in [0.1, 0.15) is 16.1 Å². The smallest absolute Gasteiger partial charge is 0.146 e. The first-order chi connectivity index (χ1) is 37.6. The number of aromatic amines is 2. The minimum atomic E-state index is -2.23. The van der Waals surface area contributed by atoms with Gasteiger partial charge in [-0.2, -0.15) is 0 Å². The Morgan fingerprint density at radius 1 is 0.400 bits per heavy atom. The van der Waals surface area contributed by atoms with Gasteiger partial charge in [0.2, 0.25) is 0 Å². The molecule has 0 saturated heterocycles. The van der Waals surface area contributed by atoms with Crippen LogP contribution in [-0.2, 0) is 0 Å². The Balaban J connectivity index is 1.28. The molecular weight excluding hydrogens is 1000 g/mol. The lowest BCUT2D eigenvalue weighted by molar-refractivity contribution is 0.243. The van der Waals surface area contributed by atoms with E-state index in [1.165, 1.54) is 66.6 Å². The summed E-state index contributed by atoms with van der Waals surface area (Å²) in [6.45, 7) is 49.7. The lowest BCUT2D eigenvalue weighted by Crippen LogP contribution is -2.43. The SMILES string of the molecule is CC(C)[Si](C#Cc1c2nc(cc3[nH]c(c(C#C[Si](C(C)C)(C(C)C)C(C)C)c4nc(cc5[nH]c1c1c5C5C=CC1C(C)(C)C5)C1=C4C4C=CC1C(C)(C)C4)c1c3C3C=CC1C(C)(C)C3)C1=C2C2C=CC1C(C)(C)C2)(C(C)C)C(C)C. The van der Waals surface area contributed by atoms with Crippen molar-refractivity contribution in [2.24, 2.45) is 45.3 Å². The molecule has 2 aliphatic heterocycles. The van der Waals surface area contributed by atoms with Crippen molar-refractivity contribution in [3.8, 4) is 22.9 Å². The van der Waals surface area contributed by atoms with E-state index in [0.717, 1.165) is 59.6 Å². The number of fused-ring (bicyclic) bond motifs is 12. The van der Waals surface area contributed by atoms with Crippen LogP contribution in [0.4, 0.5) is 0 Å². The molecular formula is C74H94N4Si2. The third-order valence-corrected chi connectivity index (χ3v) is 36.2. The van der Waals surface area contributed by atoms with Gasteiger partial charge in [-0.25, -0.2) is 9.97 Å². The molecule has 8 unspecified atom stereocenters. The molecule has 14 aliphatic rings. The van der Waals surface area contributed by atoms with Crippen molar-refractivity contribution < 1.29 is 0 Å². The van der Waals surface area contributed by atoms with E-state index in [2.05, 4.69) is 232 Å². The Labute approximate surface area is 483 Å². The zero-order valence-electron chi connectivity index (χ0n) is 52.6. The Kier molecular flexibility index (Phi) is 12.1. The fourth-order valence-corrected chi connectivity index (χ4v) is 30.4. The number of hydrogen-bond donors (Lipinski definition) is 2. The summed E-state index contributed by atoms with van der Waals surface area (Å²) in [5.41, 5.74) is 35.1. The van der Waals surface area contributed by atoms with Gasteiger partial charge in [0.05, 0.1) is 44.9 Å². The molecule has 0 aromatic carbocycles. The van der Waals surface area contributed by atoms with Crippen molar-refractivity contribution in [2.45, 2.75) is 221 Å². The highest BCUT2D eigenvalue weighted by molar-refractivity contribution is 6.91. The molecule has 80 heavy (non-hydrogen) atoms. The first-order valence-corrected chi connectivity index (χ1v) is 36.2. The molecule has 0 saturated carbocycles. The summed E-state index contributed by atoms with van der Waals surface area (Å²) in [4.78, 5) is 21.2. The maximum absolute atomic E-state index is 6.21. The van der Waals surface area contributed by atoms with Gasteiger partial charge < -0.3 is 9.97 Å². The molecule has 16 bridgehead atoms. The number of H-pyrrole nitrogens is 2. The first kappa shape index (κ1) is 54.4. The minimum Gasteiger partial charge on any atom is -0.354 e. The number of nitrogens with zero attached hydrogens (tertiary/aromatic N) is 2. The van der Waals surface area contributed by atoms with Crippen LogP contribution in [-0.4, -0.2) is 36.1 Å². The number of aromatic nitrogens is 4. The topological polar surface area (TPSA) is 57.4 Å². The maximum atomic E-state index is 6.21. The molecule has 0 fully saturated rings. The standard InChI is InChI=1S/C74H94N4Si2/c1-39(2)79(40(3)4,41(5)6)31-29-49-67-61-47-23-25-51(71(13,14)37-47)63(61)57(77-67)34-56-60-46-22-28-54(74(19,20)36-46)66(60)70(76-56)50(30-32-80(42(7)8,43(9)10)44(11)12)68-62-48-24-26-52(72(15,16)38-48)64(62)58(78-68)33-55-59-45-21-27-53(73(17,18)35-45)65(59)69(49)75-55/h21-28,33-34,39-48,51-54,75-76H,35-38H2,1-20H3. The average molecular weight is 1100 g/mol. The summed E-state index contributed by atoms with van der Waals surface area (Å²) in [6, 6.07) is 5.07. The molecule has 3 aromatic rings. The van der Waals surface area contributed by atoms with E-state index in [9.17, 15) is 0 Å². The van der Waals surface area contributed by atoms with Crippen molar-refractivity contribution in [2.75, 3.05) is 0 Å². The van der Waals surface area contributed by atoms with Crippen LogP contribution in [0.15, 0.2) is 60.7 Å². The van der Waals surface area contributed by atoms with Crippen LogP contribution in [0.3, 0.4) is 0 Å². The normalized spacial score (nSPS) is 28.1. The number of allylic oxidation sites excluding steroid dienone is 12. The highest BCUT2D eigenvalue weighted by Crippen LogP contribution is 2.64. The van der Waals surface area contributed by atoms with Gasteiger partial charge in [-0.15, -0.1) is 11.1 Å². The lowest BCUT2D eigenvalue weighted by Gasteiger charge is -2.45. The minimum absolute atomic E-state index is 0.0718. The Morgan fingerprint density at radius 3 is 1.01 bits per heavy atom. The van der Waals surface area contributed by atoms with E-state index in [4.69, 9.17) is 9.97 Å². The molecule has 12 aliphatic carbocycles. The fourth-order valence-electron chi connectivity index (χ4n) is 20.0. The van der Waals surface area contributed by atoms with Gasteiger partial charge in [0.25, 0.3) is 0 Å². The molecule has 6 heteroatoms. The van der Waals surface area contributed by atoms with Crippen LogP contribution in [0.25, 0.3) is 44.4 Å². The molecule has 4 nitrogen and oxygen atoms in total. The molecule has 8 atom stereocenters. The van der Waals surface area contributed by atoms with Gasteiger partial charge >= 0.3 is 0 Å². The fraction of sp³-hybridized carbons (Fsp3) is 0.568. The van der Waals surface area contributed by atoms with Crippen molar-refractivity contribution in [3.63, 3.8) is 0 Å². The third-order valence-electron chi connectivity index (χ3n) is 23.6. The monoisotopic (exact) mass is 1090 g/mol. The summed E-state index contributed by atoms with van der Waals surface area (Å²) < 4.78 is 0. The molecule has 0 radical (unpaired) electrons.